The monoisotopic (exact) mass is 448 g/mol. The highest BCUT2D eigenvalue weighted by atomic mass is 16.2. The maximum absolute atomic E-state index is 12.8. The molecule has 0 aromatic heterocycles. The molecule has 0 bridgehead atoms. The van der Waals surface area contributed by atoms with E-state index < -0.39 is 0 Å². The summed E-state index contributed by atoms with van der Waals surface area (Å²) in [5.41, 5.74) is 4.57. The summed E-state index contributed by atoms with van der Waals surface area (Å²) < 4.78 is 0. The van der Waals surface area contributed by atoms with Crippen molar-refractivity contribution >= 4 is 28.9 Å². The molecule has 2 amide bonds. The van der Waals surface area contributed by atoms with E-state index in [0.717, 1.165) is 49.5 Å². The van der Waals surface area contributed by atoms with Crippen molar-refractivity contribution in [1.29, 1.82) is 0 Å². The summed E-state index contributed by atoms with van der Waals surface area (Å²) in [5, 5.41) is 6.16. The second kappa shape index (κ2) is 10.7. The van der Waals surface area contributed by atoms with Crippen LogP contribution in [0.1, 0.15) is 54.9 Å². The van der Waals surface area contributed by atoms with E-state index >= 15 is 0 Å². The quantitative estimate of drug-likeness (QED) is 0.659. The van der Waals surface area contributed by atoms with Gasteiger partial charge >= 0.3 is 0 Å². The summed E-state index contributed by atoms with van der Waals surface area (Å²) >= 11 is 0. The van der Waals surface area contributed by atoms with Gasteiger partial charge in [-0.2, -0.15) is 0 Å². The number of carbonyl (C=O) groups excluding carboxylic acids is 2. The van der Waals surface area contributed by atoms with E-state index in [-0.39, 0.29) is 18.4 Å². The van der Waals surface area contributed by atoms with E-state index in [0.29, 0.717) is 11.5 Å². The van der Waals surface area contributed by atoms with Gasteiger partial charge in [-0.3, -0.25) is 9.59 Å². The van der Waals surface area contributed by atoms with Crippen molar-refractivity contribution in [1.82, 2.24) is 4.90 Å². The molecule has 2 N–H and O–H groups in total. The van der Waals surface area contributed by atoms with Crippen LogP contribution in [0, 0.1) is 12.8 Å². The number of likely N-dealkylation sites (tertiary alicyclic amines) is 1. The van der Waals surface area contributed by atoms with Gasteiger partial charge in [0.15, 0.2) is 0 Å². The maximum atomic E-state index is 12.8. The van der Waals surface area contributed by atoms with Crippen LogP contribution in [0.2, 0.25) is 0 Å². The Balaban J connectivity index is 1.28. The molecule has 0 radical (unpaired) electrons. The van der Waals surface area contributed by atoms with Crippen molar-refractivity contribution in [3.05, 3.63) is 53.6 Å². The Morgan fingerprint density at radius 2 is 1.73 bits per heavy atom. The van der Waals surface area contributed by atoms with Crippen molar-refractivity contribution in [3.63, 3.8) is 0 Å². The van der Waals surface area contributed by atoms with Gasteiger partial charge in [-0.25, -0.2) is 0 Å². The SMILES string of the molecule is Cc1cc(C(=O)N2CCCC(C)C2)ccc1NCC(=O)Nc1ccc(N2CCCCC2)cc1. The largest absolute Gasteiger partial charge is 0.376 e. The predicted molar refractivity (Wildman–Crippen MR) is 135 cm³/mol. The van der Waals surface area contributed by atoms with Crippen LogP contribution >= 0.6 is 0 Å². The fourth-order valence-electron chi connectivity index (χ4n) is 4.84. The van der Waals surface area contributed by atoms with Crippen LogP contribution in [-0.2, 0) is 4.79 Å². The molecule has 33 heavy (non-hydrogen) atoms. The summed E-state index contributed by atoms with van der Waals surface area (Å²) in [7, 11) is 0. The number of hydrogen-bond donors (Lipinski definition) is 2. The van der Waals surface area contributed by atoms with Crippen molar-refractivity contribution in [2.45, 2.75) is 46.0 Å². The first kappa shape index (κ1) is 23.1. The Bertz CT molecular complexity index is 967. The zero-order valence-corrected chi connectivity index (χ0v) is 19.9. The van der Waals surface area contributed by atoms with Crippen LogP contribution in [0.3, 0.4) is 0 Å². The number of carbonyl (C=O) groups is 2. The molecule has 0 saturated carbocycles. The maximum Gasteiger partial charge on any atom is 0.253 e. The molecular weight excluding hydrogens is 412 g/mol. The smallest absolute Gasteiger partial charge is 0.253 e. The number of rotatable bonds is 6. The number of benzene rings is 2. The molecule has 2 aliphatic rings. The Labute approximate surface area is 197 Å². The van der Waals surface area contributed by atoms with Crippen molar-refractivity contribution < 1.29 is 9.59 Å². The van der Waals surface area contributed by atoms with Gasteiger partial charge in [-0.05, 0) is 93.0 Å². The van der Waals surface area contributed by atoms with E-state index in [1.165, 1.54) is 31.4 Å². The fraction of sp³-hybridized carbons (Fsp3) is 0.481. The minimum atomic E-state index is -0.0948. The van der Waals surface area contributed by atoms with Crippen LogP contribution < -0.4 is 15.5 Å². The van der Waals surface area contributed by atoms with Gasteiger partial charge in [0.2, 0.25) is 5.91 Å². The lowest BCUT2D eigenvalue weighted by Gasteiger charge is -2.31. The van der Waals surface area contributed by atoms with Gasteiger partial charge in [-0.15, -0.1) is 0 Å². The molecule has 2 aliphatic heterocycles. The van der Waals surface area contributed by atoms with Crippen LogP contribution in [0.15, 0.2) is 42.5 Å². The molecule has 6 heteroatoms. The first-order chi connectivity index (χ1) is 16.0. The standard InChI is InChI=1S/C27H36N4O2/c1-20-7-6-16-31(19-20)27(33)22-8-13-25(21(2)17-22)28-18-26(32)29-23-9-11-24(12-10-23)30-14-4-3-5-15-30/h8-13,17,20,28H,3-7,14-16,18-19H2,1-2H3,(H,29,32). The average molecular weight is 449 g/mol. The summed E-state index contributed by atoms with van der Waals surface area (Å²) in [6.07, 6.45) is 6.07. The Kier molecular flexibility index (Phi) is 7.53. The number of anilines is 3. The topological polar surface area (TPSA) is 64.7 Å². The summed E-state index contributed by atoms with van der Waals surface area (Å²) in [6, 6.07) is 13.8. The van der Waals surface area contributed by atoms with Crippen LogP contribution in [-0.4, -0.2) is 49.4 Å². The highest BCUT2D eigenvalue weighted by molar-refractivity contribution is 5.96. The molecule has 4 rings (SSSR count). The number of amides is 2. The molecule has 2 fully saturated rings. The Morgan fingerprint density at radius 3 is 2.42 bits per heavy atom. The third-order valence-corrected chi connectivity index (χ3v) is 6.73. The van der Waals surface area contributed by atoms with Gasteiger partial charge in [-0.1, -0.05) is 6.92 Å². The second-order valence-corrected chi connectivity index (χ2v) is 9.52. The Morgan fingerprint density at radius 1 is 0.970 bits per heavy atom. The number of hydrogen-bond acceptors (Lipinski definition) is 4. The van der Waals surface area contributed by atoms with Crippen LogP contribution in [0.5, 0.6) is 0 Å². The summed E-state index contributed by atoms with van der Waals surface area (Å²) in [6.45, 7) is 8.22. The minimum Gasteiger partial charge on any atom is -0.376 e. The molecular formula is C27H36N4O2. The number of nitrogens with one attached hydrogen (secondary N) is 2. The molecule has 0 spiro atoms. The minimum absolute atomic E-state index is 0.0948. The van der Waals surface area contributed by atoms with Gasteiger partial charge in [0.1, 0.15) is 0 Å². The van der Waals surface area contributed by atoms with Crippen molar-refractivity contribution in [2.75, 3.05) is 48.3 Å². The molecule has 1 atom stereocenters. The van der Waals surface area contributed by atoms with Crippen LogP contribution in [0.25, 0.3) is 0 Å². The highest BCUT2D eigenvalue weighted by Gasteiger charge is 2.22. The lowest BCUT2D eigenvalue weighted by Crippen LogP contribution is -2.39. The van der Waals surface area contributed by atoms with Gasteiger partial charge in [0.25, 0.3) is 5.91 Å². The van der Waals surface area contributed by atoms with E-state index in [1.807, 2.05) is 42.2 Å². The molecule has 0 aliphatic carbocycles. The molecule has 2 heterocycles. The average Bonchev–Trinajstić information content (AvgIpc) is 2.84. The van der Waals surface area contributed by atoms with Crippen molar-refractivity contribution in [3.8, 4) is 0 Å². The van der Waals surface area contributed by atoms with Gasteiger partial charge < -0.3 is 20.4 Å². The van der Waals surface area contributed by atoms with Gasteiger partial charge in [0.05, 0.1) is 6.54 Å². The van der Waals surface area contributed by atoms with E-state index in [1.54, 1.807) is 0 Å². The molecule has 2 aromatic carbocycles. The second-order valence-electron chi connectivity index (χ2n) is 9.52. The highest BCUT2D eigenvalue weighted by Crippen LogP contribution is 2.23. The Hall–Kier alpha value is -3.02. The number of nitrogens with zero attached hydrogens (tertiary/aromatic N) is 2. The van der Waals surface area contributed by atoms with Gasteiger partial charge in [0, 0.05) is 48.8 Å². The predicted octanol–water partition coefficient (Wildman–Crippen LogP) is 4.91. The van der Waals surface area contributed by atoms with Crippen molar-refractivity contribution in [2.24, 2.45) is 5.92 Å². The third-order valence-electron chi connectivity index (χ3n) is 6.73. The summed E-state index contributed by atoms with van der Waals surface area (Å²) in [5.74, 6) is 0.564. The lowest BCUT2D eigenvalue weighted by atomic mass is 9.99. The first-order valence-corrected chi connectivity index (χ1v) is 12.3. The third kappa shape index (κ3) is 6.06. The van der Waals surface area contributed by atoms with E-state index in [9.17, 15) is 9.59 Å². The number of piperidine rings is 2. The van der Waals surface area contributed by atoms with E-state index in [2.05, 4.69) is 34.6 Å². The number of aryl methyl sites for hydroxylation is 1. The normalized spacial score (nSPS) is 18.7. The van der Waals surface area contributed by atoms with Crippen LogP contribution in [0.4, 0.5) is 17.1 Å². The zero-order valence-electron chi connectivity index (χ0n) is 19.9. The summed E-state index contributed by atoms with van der Waals surface area (Å²) in [4.78, 5) is 29.7. The lowest BCUT2D eigenvalue weighted by molar-refractivity contribution is -0.114. The first-order valence-electron chi connectivity index (χ1n) is 12.3. The molecule has 6 nitrogen and oxygen atoms in total. The molecule has 2 saturated heterocycles. The van der Waals surface area contributed by atoms with E-state index in [4.69, 9.17) is 0 Å². The molecule has 1 unspecified atom stereocenters. The molecule has 2 aromatic rings. The fourth-order valence-corrected chi connectivity index (χ4v) is 4.84. The zero-order chi connectivity index (χ0) is 23.2. The molecule has 176 valence electrons.